The molecule has 1 amide bonds. The van der Waals surface area contributed by atoms with E-state index in [1.807, 2.05) is 61.5 Å². The lowest BCUT2D eigenvalue weighted by Crippen LogP contribution is -2.24. The molecular formula is C22H20N2O2. The van der Waals surface area contributed by atoms with Crippen molar-refractivity contribution in [2.45, 2.75) is 13.0 Å². The zero-order valence-electron chi connectivity index (χ0n) is 14.5. The fourth-order valence-corrected chi connectivity index (χ4v) is 2.47. The molecule has 0 saturated carbocycles. The number of nitrogens with one attached hydrogen (secondary N) is 1. The van der Waals surface area contributed by atoms with Gasteiger partial charge in [-0.2, -0.15) is 0 Å². The topological polar surface area (TPSA) is 51.2 Å². The van der Waals surface area contributed by atoms with Crippen molar-refractivity contribution in [1.29, 1.82) is 0 Å². The Morgan fingerprint density at radius 1 is 1.00 bits per heavy atom. The van der Waals surface area contributed by atoms with E-state index in [0.29, 0.717) is 0 Å². The highest BCUT2D eigenvalue weighted by molar-refractivity contribution is 5.91. The van der Waals surface area contributed by atoms with E-state index in [1.165, 1.54) is 0 Å². The van der Waals surface area contributed by atoms with Crippen LogP contribution in [0.1, 0.15) is 24.1 Å². The van der Waals surface area contributed by atoms with Gasteiger partial charge in [0.15, 0.2) is 0 Å². The van der Waals surface area contributed by atoms with E-state index in [9.17, 15) is 4.79 Å². The molecule has 4 nitrogen and oxygen atoms in total. The SMILES string of the molecule is C[C@H](NC(=O)/C=C/c1ccccc1)c1cccc(Oc2ccncc2)c1. The Bertz CT molecular complexity index is 877. The molecule has 3 aromatic rings. The summed E-state index contributed by atoms with van der Waals surface area (Å²) in [6, 6.07) is 20.9. The minimum absolute atomic E-state index is 0.135. The number of pyridine rings is 1. The molecule has 26 heavy (non-hydrogen) atoms. The van der Waals surface area contributed by atoms with E-state index < -0.39 is 0 Å². The smallest absolute Gasteiger partial charge is 0.244 e. The summed E-state index contributed by atoms with van der Waals surface area (Å²) in [5, 5.41) is 2.97. The molecular weight excluding hydrogens is 324 g/mol. The van der Waals surface area contributed by atoms with Gasteiger partial charge in [0, 0.05) is 18.5 Å². The summed E-state index contributed by atoms with van der Waals surface area (Å²) in [6.45, 7) is 1.94. The molecule has 2 aromatic carbocycles. The molecule has 1 heterocycles. The Morgan fingerprint density at radius 2 is 1.77 bits per heavy atom. The van der Waals surface area contributed by atoms with Crippen molar-refractivity contribution < 1.29 is 9.53 Å². The standard InChI is InChI=1S/C22H20N2O2/c1-17(24-22(25)11-10-18-6-3-2-4-7-18)19-8-5-9-21(16-19)26-20-12-14-23-15-13-20/h2-17H,1H3,(H,24,25)/b11-10+/t17-/m0/s1. The van der Waals surface area contributed by atoms with Crippen LogP contribution >= 0.6 is 0 Å². The molecule has 0 unspecified atom stereocenters. The second kappa shape index (κ2) is 8.62. The van der Waals surface area contributed by atoms with E-state index in [0.717, 1.165) is 22.6 Å². The van der Waals surface area contributed by atoms with Crippen LogP contribution in [0.3, 0.4) is 0 Å². The quantitative estimate of drug-likeness (QED) is 0.656. The predicted octanol–water partition coefficient (Wildman–Crippen LogP) is 4.76. The zero-order chi connectivity index (χ0) is 18.2. The third-order valence-corrected chi connectivity index (χ3v) is 3.83. The van der Waals surface area contributed by atoms with Crippen molar-refractivity contribution in [2.24, 2.45) is 0 Å². The average Bonchev–Trinajstić information content (AvgIpc) is 2.68. The van der Waals surface area contributed by atoms with Crippen LogP contribution in [0.15, 0.2) is 85.2 Å². The number of hydrogen-bond donors (Lipinski definition) is 1. The van der Waals surface area contributed by atoms with Crippen LogP contribution in [0.5, 0.6) is 11.5 Å². The summed E-state index contributed by atoms with van der Waals surface area (Å²) >= 11 is 0. The second-order valence-corrected chi connectivity index (χ2v) is 5.83. The van der Waals surface area contributed by atoms with E-state index in [-0.39, 0.29) is 11.9 Å². The molecule has 0 fully saturated rings. The molecule has 1 N–H and O–H groups in total. The van der Waals surface area contributed by atoms with E-state index in [2.05, 4.69) is 10.3 Å². The van der Waals surface area contributed by atoms with Gasteiger partial charge in [0.2, 0.25) is 5.91 Å². The highest BCUT2D eigenvalue weighted by Gasteiger charge is 2.09. The highest BCUT2D eigenvalue weighted by Crippen LogP contribution is 2.24. The maximum absolute atomic E-state index is 12.1. The van der Waals surface area contributed by atoms with Crippen molar-refractivity contribution in [1.82, 2.24) is 10.3 Å². The molecule has 0 aliphatic heterocycles. The highest BCUT2D eigenvalue weighted by atomic mass is 16.5. The number of ether oxygens (including phenoxy) is 1. The summed E-state index contributed by atoms with van der Waals surface area (Å²) in [5.41, 5.74) is 1.96. The molecule has 0 radical (unpaired) electrons. The molecule has 0 saturated heterocycles. The van der Waals surface area contributed by atoms with E-state index >= 15 is 0 Å². The summed E-state index contributed by atoms with van der Waals surface area (Å²) in [6.07, 6.45) is 6.70. The van der Waals surface area contributed by atoms with Crippen LogP contribution in [0.2, 0.25) is 0 Å². The minimum Gasteiger partial charge on any atom is -0.457 e. The fourth-order valence-electron chi connectivity index (χ4n) is 2.47. The molecule has 1 atom stereocenters. The molecule has 3 rings (SSSR count). The van der Waals surface area contributed by atoms with Crippen molar-refractivity contribution in [3.63, 3.8) is 0 Å². The van der Waals surface area contributed by atoms with E-state index in [1.54, 1.807) is 36.7 Å². The zero-order valence-corrected chi connectivity index (χ0v) is 14.5. The lowest BCUT2D eigenvalue weighted by Gasteiger charge is -2.14. The number of benzene rings is 2. The molecule has 1 aromatic heterocycles. The Balaban J connectivity index is 1.62. The van der Waals surface area contributed by atoms with Crippen LogP contribution in [-0.2, 0) is 4.79 Å². The van der Waals surface area contributed by atoms with Crippen molar-refractivity contribution in [2.75, 3.05) is 0 Å². The van der Waals surface area contributed by atoms with Crippen LogP contribution in [0.4, 0.5) is 0 Å². The second-order valence-electron chi connectivity index (χ2n) is 5.83. The van der Waals surface area contributed by atoms with Gasteiger partial charge < -0.3 is 10.1 Å². The van der Waals surface area contributed by atoms with Crippen molar-refractivity contribution in [3.8, 4) is 11.5 Å². The van der Waals surface area contributed by atoms with Gasteiger partial charge in [0.05, 0.1) is 6.04 Å². The van der Waals surface area contributed by atoms with Gasteiger partial charge in [0.25, 0.3) is 0 Å². The third-order valence-electron chi connectivity index (χ3n) is 3.83. The maximum atomic E-state index is 12.1. The first-order chi connectivity index (χ1) is 12.7. The monoisotopic (exact) mass is 344 g/mol. The van der Waals surface area contributed by atoms with Crippen LogP contribution in [0, 0.1) is 0 Å². The number of hydrogen-bond acceptors (Lipinski definition) is 3. The van der Waals surface area contributed by atoms with Crippen LogP contribution in [-0.4, -0.2) is 10.9 Å². The normalized spacial score (nSPS) is 11.9. The molecule has 0 spiro atoms. The van der Waals surface area contributed by atoms with Crippen LogP contribution in [0.25, 0.3) is 6.08 Å². The summed E-state index contributed by atoms with van der Waals surface area (Å²) in [4.78, 5) is 16.1. The number of amides is 1. The first-order valence-corrected chi connectivity index (χ1v) is 8.42. The number of rotatable bonds is 6. The predicted molar refractivity (Wildman–Crippen MR) is 103 cm³/mol. The van der Waals surface area contributed by atoms with Gasteiger partial charge in [-0.05, 0) is 48.4 Å². The van der Waals surface area contributed by atoms with E-state index in [4.69, 9.17) is 4.74 Å². The summed E-state index contributed by atoms with van der Waals surface area (Å²) < 4.78 is 5.81. The Labute approximate surface area is 153 Å². The van der Waals surface area contributed by atoms with Gasteiger partial charge >= 0.3 is 0 Å². The average molecular weight is 344 g/mol. The third kappa shape index (κ3) is 5.05. The first-order valence-electron chi connectivity index (χ1n) is 8.42. The Morgan fingerprint density at radius 3 is 2.54 bits per heavy atom. The van der Waals surface area contributed by atoms with Crippen molar-refractivity contribution >= 4 is 12.0 Å². The minimum atomic E-state index is -0.137. The molecule has 4 heteroatoms. The molecule has 0 aliphatic carbocycles. The lowest BCUT2D eigenvalue weighted by atomic mass is 10.1. The molecule has 0 aliphatic rings. The van der Waals surface area contributed by atoms with Gasteiger partial charge in [-0.3, -0.25) is 9.78 Å². The van der Waals surface area contributed by atoms with Crippen LogP contribution < -0.4 is 10.1 Å². The Kier molecular flexibility index (Phi) is 5.78. The molecule has 130 valence electrons. The van der Waals surface area contributed by atoms with Gasteiger partial charge in [-0.1, -0.05) is 42.5 Å². The number of aromatic nitrogens is 1. The lowest BCUT2D eigenvalue weighted by molar-refractivity contribution is -0.117. The van der Waals surface area contributed by atoms with Gasteiger partial charge in [-0.25, -0.2) is 0 Å². The number of carbonyl (C=O) groups excluding carboxylic acids is 1. The van der Waals surface area contributed by atoms with Gasteiger partial charge in [-0.15, -0.1) is 0 Å². The van der Waals surface area contributed by atoms with Gasteiger partial charge in [0.1, 0.15) is 11.5 Å². The Hall–Kier alpha value is -3.40. The maximum Gasteiger partial charge on any atom is 0.244 e. The summed E-state index contributed by atoms with van der Waals surface area (Å²) in [7, 11) is 0. The molecule has 0 bridgehead atoms. The summed E-state index contributed by atoms with van der Waals surface area (Å²) in [5.74, 6) is 1.30. The first kappa shape index (κ1) is 17.4. The largest absolute Gasteiger partial charge is 0.457 e. The fraction of sp³-hybridized carbons (Fsp3) is 0.0909. The van der Waals surface area contributed by atoms with Crippen molar-refractivity contribution in [3.05, 3.63) is 96.3 Å². The number of carbonyl (C=O) groups is 1. The number of nitrogens with zero attached hydrogens (tertiary/aromatic N) is 1.